The maximum Gasteiger partial charge on any atom is 0.249 e. The van der Waals surface area contributed by atoms with Crippen LogP contribution in [-0.4, -0.2) is 20.4 Å². The minimum absolute atomic E-state index is 0.380. The number of aromatic nitrogens is 4. The lowest BCUT2D eigenvalue weighted by Crippen LogP contribution is -1.84. The third-order valence-corrected chi connectivity index (χ3v) is 2.47. The largest absolute Gasteiger partial charge is 0.435 e. The Balaban J connectivity index is 2.23. The number of H-pyrrole nitrogens is 1. The molecule has 16 heavy (non-hydrogen) atoms. The highest BCUT2D eigenvalue weighted by Gasteiger charge is 2.11. The smallest absolute Gasteiger partial charge is 0.249 e. The number of nitrogens with one attached hydrogen (secondary N) is 1. The first-order valence-corrected chi connectivity index (χ1v) is 4.83. The summed E-state index contributed by atoms with van der Waals surface area (Å²) in [6, 6.07) is 3.29. The molecule has 6 nitrogen and oxygen atoms in total. The fourth-order valence-corrected chi connectivity index (χ4v) is 1.54. The third kappa shape index (κ3) is 1.31. The number of oxazole rings is 1. The molecule has 3 aromatic rings. The molecule has 0 saturated carbocycles. The number of aromatic amines is 1. The summed E-state index contributed by atoms with van der Waals surface area (Å²) in [5, 5.41) is 10.5. The Hall–Kier alpha value is -2.08. The predicted octanol–water partition coefficient (Wildman–Crippen LogP) is 1.85. The van der Waals surface area contributed by atoms with Crippen molar-refractivity contribution in [3.8, 4) is 11.6 Å². The molecule has 7 heteroatoms. The molecule has 80 valence electrons. The molecule has 0 amide bonds. The third-order valence-electron chi connectivity index (χ3n) is 2.14. The molecule has 0 atom stereocenters. The molecule has 3 N–H and O–H groups in total. The Morgan fingerprint density at radius 2 is 2.25 bits per heavy atom. The van der Waals surface area contributed by atoms with Gasteiger partial charge in [0.15, 0.2) is 11.3 Å². The van der Waals surface area contributed by atoms with Gasteiger partial charge >= 0.3 is 0 Å². The quantitative estimate of drug-likeness (QED) is 0.628. The van der Waals surface area contributed by atoms with Gasteiger partial charge in [-0.3, -0.25) is 0 Å². The van der Waals surface area contributed by atoms with Crippen LogP contribution in [0.5, 0.6) is 0 Å². The number of fused-ring (bicyclic) bond motifs is 1. The zero-order valence-electron chi connectivity index (χ0n) is 7.94. The van der Waals surface area contributed by atoms with Gasteiger partial charge in [0.05, 0.1) is 16.9 Å². The minimum atomic E-state index is 0.380. The molecule has 0 aliphatic carbocycles. The Bertz CT molecular complexity index is 606. The molecular weight excluding hydrogens is 230 g/mol. The van der Waals surface area contributed by atoms with Crippen LogP contribution in [-0.2, 0) is 0 Å². The van der Waals surface area contributed by atoms with Crippen molar-refractivity contribution in [3.05, 3.63) is 23.4 Å². The first-order chi connectivity index (χ1) is 7.74. The zero-order valence-corrected chi connectivity index (χ0v) is 8.69. The van der Waals surface area contributed by atoms with Gasteiger partial charge in [0.2, 0.25) is 5.89 Å². The number of hydrogen-bond donors (Lipinski definition) is 2. The number of nitrogens with zero attached hydrogens (tertiary/aromatic N) is 3. The molecule has 2 heterocycles. The van der Waals surface area contributed by atoms with Gasteiger partial charge in [-0.2, -0.15) is 15.4 Å². The van der Waals surface area contributed by atoms with Gasteiger partial charge in [-0.15, -0.1) is 0 Å². The van der Waals surface area contributed by atoms with Gasteiger partial charge in [-0.25, -0.2) is 4.98 Å². The summed E-state index contributed by atoms with van der Waals surface area (Å²) >= 11 is 5.88. The second-order valence-electron chi connectivity index (χ2n) is 3.22. The highest BCUT2D eigenvalue weighted by molar-refractivity contribution is 6.33. The number of nitrogen functional groups attached to an aromatic ring is 1. The number of benzene rings is 1. The maximum absolute atomic E-state index is 5.88. The molecule has 0 bridgehead atoms. The molecular formula is C9H6ClN5O. The fourth-order valence-electron chi connectivity index (χ4n) is 1.38. The summed E-state index contributed by atoms with van der Waals surface area (Å²) in [4.78, 5) is 4.23. The molecule has 3 rings (SSSR count). The van der Waals surface area contributed by atoms with Crippen molar-refractivity contribution in [3.63, 3.8) is 0 Å². The maximum atomic E-state index is 5.88. The molecule has 0 saturated heterocycles. The van der Waals surface area contributed by atoms with E-state index >= 15 is 0 Å². The molecule has 1 aromatic carbocycles. The lowest BCUT2D eigenvalue weighted by Gasteiger charge is -1.94. The van der Waals surface area contributed by atoms with E-state index in [2.05, 4.69) is 20.4 Å². The zero-order chi connectivity index (χ0) is 11.1. The molecule has 0 aliphatic heterocycles. The monoisotopic (exact) mass is 235 g/mol. The number of nitrogens with two attached hydrogens (primary N) is 1. The summed E-state index contributed by atoms with van der Waals surface area (Å²) in [6.07, 6.45) is 1.52. The summed E-state index contributed by atoms with van der Waals surface area (Å²) < 4.78 is 5.48. The van der Waals surface area contributed by atoms with E-state index in [0.29, 0.717) is 33.4 Å². The average Bonchev–Trinajstić information content (AvgIpc) is 2.86. The number of halogens is 1. The molecule has 0 unspecified atom stereocenters. The van der Waals surface area contributed by atoms with Crippen molar-refractivity contribution in [1.29, 1.82) is 0 Å². The highest BCUT2D eigenvalue weighted by Crippen LogP contribution is 2.28. The van der Waals surface area contributed by atoms with Crippen LogP contribution in [0.1, 0.15) is 0 Å². The van der Waals surface area contributed by atoms with Crippen molar-refractivity contribution in [2.45, 2.75) is 0 Å². The lowest BCUT2D eigenvalue weighted by atomic mass is 10.3. The van der Waals surface area contributed by atoms with Crippen LogP contribution in [0.2, 0.25) is 5.02 Å². The molecule has 0 spiro atoms. The van der Waals surface area contributed by atoms with E-state index < -0.39 is 0 Å². The Labute approximate surface area is 94.4 Å². The first kappa shape index (κ1) is 9.17. The van der Waals surface area contributed by atoms with E-state index in [-0.39, 0.29) is 0 Å². The van der Waals surface area contributed by atoms with Gasteiger partial charge in [0.1, 0.15) is 5.52 Å². The molecule has 0 aliphatic rings. The summed E-state index contributed by atoms with van der Waals surface area (Å²) in [7, 11) is 0. The highest BCUT2D eigenvalue weighted by atomic mass is 35.5. The summed E-state index contributed by atoms with van der Waals surface area (Å²) in [5.41, 5.74) is 7.85. The van der Waals surface area contributed by atoms with Gasteiger partial charge in [0.25, 0.3) is 0 Å². The number of anilines is 1. The van der Waals surface area contributed by atoms with Gasteiger partial charge < -0.3 is 10.2 Å². The normalized spacial score (nSPS) is 11.1. The molecule has 0 fully saturated rings. The van der Waals surface area contributed by atoms with Crippen molar-refractivity contribution in [2.75, 3.05) is 5.73 Å². The minimum Gasteiger partial charge on any atom is -0.435 e. The summed E-state index contributed by atoms with van der Waals surface area (Å²) in [5.74, 6) is 0.380. The number of rotatable bonds is 1. The first-order valence-electron chi connectivity index (χ1n) is 4.46. The van der Waals surface area contributed by atoms with Gasteiger partial charge in [0, 0.05) is 6.07 Å². The Morgan fingerprint density at radius 3 is 3.00 bits per heavy atom. The Morgan fingerprint density at radius 1 is 1.38 bits per heavy atom. The molecule has 0 radical (unpaired) electrons. The van der Waals surface area contributed by atoms with Crippen molar-refractivity contribution in [1.82, 2.24) is 20.4 Å². The SMILES string of the molecule is Nc1cc2oc(-c3cn[nH]n3)nc2cc1Cl. The Kier molecular flexibility index (Phi) is 1.84. The van der Waals surface area contributed by atoms with E-state index in [9.17, 15) is 0 Å². The summed E-state index contributed by atoms with van der Waals surface area (Å²) in [6.45, 7) is 0. The number of hydrogen-bond acceptors (Lipinski definition) is 5. The van der Waals surface area contributed by atoms with Crippen LogP contribution in [0.15, 0.2) is 22.7 Å². The van der Waals surface area contributed by atoms with E-state index in [1.807, 2.05) is 0 Å². The van der Waals surface area contributed by atoms with Crippen molar-refractivity contribution >= 4 is 28.4 Å². The standard InChI is InChI=1S/C9H6ClN5O/c10-4-1-6-8(2-5(4)11)16-9(13-6)7-3-12-15-14-7/h1-3H,11H2,(H,12,14,15). The van der Waals surface area contributed by atoms with Crippen molar-refractivity contribution < 1.29 is 4.42 Å². The van der Waals surface area contributed by atoms with Crippen LogP contribution < -0.4 is 5.73 Å². The average molecular weight is 236 g/mol. The van der Waals surface area contributed by atoms with Crippen LogP contribution in [0.25, 0.3) is 22.7 Å². The fraction of sp³-hybridized carbons (Fsp3) is 0. The lowest BCUT2D eigenvalue weighted by molar-refractivity contribution is 0.616. The van der Waals surface area contributed by atoms with Gasteiger partial charge in [-0.05, 0) is 6.07 Å². The second kappa shape index (κ2) is 3.21. The van der Waals surface area contributed by atoms with E-state index in [0.717, 1.165) is 0 Å². The molecule has 2 aromatic heterocycles. The topological polar surface area (TPSA) is 93.6 Å². The van der Waals surface area contributed by atoms with Crippen LogP contribution in [0, 0.1) is 0 Å². The predicted molar refractivity (Wildman–Crippen MR) is 58.8 cm³/mol. The second-order valence-corrected chi connectivity index (χ2v) is 3.62. The van der Waals surface area contributed by atoms with E-state index in [4.69, 9.17) is 21.8 Å². The van der Waals surface area contributed by atoms with E-state index in [1.54, 1.807) is 12.1 Å². The van der Waals surface area contributed by atoms with Crippen LogP contribution in [0.3, 0.4) is 0 Å². The van der Waals surface area contributed by atoms with E-state index in [1.165, 1.54) is 6.20 Å². The van der Waals surface area contributed by atoms with Crippen LogP contribution in [0.4, 0.5) is 5.69 Å². The van der Waals surface area contributed by atoms with Crippen molar-refractivity contribution in [2.24, 2.45) is 0 Å². The van der Waals surface area contributed by atoms with Crippen LogP contribution >= 0.6 is 11.6 Å². The van der Waals surface area contributed by atoms with Gasteiger partial charge in [-0.1, -0.05) is 11.6 Å².